The standard InChI is InChI=1S/C14H13N.C14H12O.C8H7N.C6H6.6C2H6/c2*15-14(13-9-5-2-6-10-13)11-12-7-3-1-4-8-12;9-7-6-8-4-2-1-3-5-8;1-2-4-6-5-3-1;6*1-2/h1-10,15H,11H2;1-10H,11H2;1-5H,6H2;1-6H;6*1-2H3. The van der Waals surface area contributed by atoms with Crippen molar-refractivity contribution in [1.82, 2.24) is 0 Å². The first-order valence-corrected chi connectivity index (χ1v) is 20.9. The number of carbonyl (C=O) groups is 1. The van der Waals surface area contributed by atoms with E-state index in [9.17, 15) is 4.79 Å². The highest BCUT2D eigenvalue weighted by molar-refractivity contribution is 5.99. The van der Waals surface area contributed by atoms with Crippen LogP contribution in [-0.2, 0) is 19.3 Å². The van der Waals surface area contributed by atoms with E-state index in [1.165, 1.54) is 5.56 Å². The van der Waals surface area contributed by atoms with Crippen LogP contribution in [0.25, 0.3) is 0 Å². The third-order valence-corrected chi connectivity index (χ3v) is 6.44. The van der Waals surface area contributed by atoms with Crippen LogP contribution < -0.4 is 0 Å². The maximum atomic E-state index is 11.8. The van der Waals surface area contributed by atoms with E-state index < -0.39 is 0 Å². The molecule has 3 nitrogen and oxygen atoms in total. The summed E-state index contributed by atoms with van der Waals surface area (Å²) in [5.74, 6) is 0.168. The number of nitriles is 1. The molecule has 0 bridgehead atoms. The van der Waals surface area contributed by atoms with Crippen molar-refractivity contribution in [2.45, 2.75) is 102 Å². The largest absolute Gasteiger partial charge is 0.304 e. The molecule has 0 saturated heterocycles. The maximum Gasteiger partial charge on any atom is 0.167 e. The van der Waals surface area contributed by atoms with Gasteiger partial charge >= 0.3 is 0 Å². The normalized spacial score (nSPS) is 7.98. The van der Waals surface area contributed by atoms with Crippen LogP contribution in [0, 0.1) is 16.7 Å². The molecule has 3 heteroatoms. The molecular formula is C54H74N2O. The Balaban J connectivity index is -0.000000312. The number of nitrogens with zero attached hydrogens (tertiary/aromatic N) is 1. The number of rotatable bonds is 7. The van der Waals surface area contributed by atoms with Gasteiger partial charge in [0.2, 0.25) is 0 Å². The lowest BCUT2D eigenvalue weighted by Gasteiger charge is -2.03. The van der Waals surface area contributed by atoms with Crippen LogP contribution in [0.4, 0.5) is 0 Å². The van der Waals surface area contributed by atoms with Gasteiger partial charge < -0.3 is 5.41 Å². The van der Waals surface area contributed by atoms with E-state index in [2.05, 4.69) is 18.2 Å². The average molecular weight is 767 g/mol. The lowest BCUT2D eigenvalue weighted by atomic mass is 10.0. The molecule has 306 valence electrons. The fourth-order valence-corrected chi connectivity index (χ4v) is 4.12. The zero-order valence-electron chi connectivity index (χ0n) is 37.4. The average Bonchev–Trinajstić information content (AvgIpc) is 3.33. The molecule has 0 saturated carbocycles. The molecule has 6 aromatic carbocycles. The summed E-state index contributed by atoms with van der Waals surface area (Å²) in [5.41, 5.74) is 5.78. The van der Waals surface area contributed by atoms with Gasteiger partial charge in [-0.1, -0.05) is 271 Å². The Morgan fingerprint density at radius 3 is 0.947 bits per heavy atom. The van der Waals surface area contributed by atoms with Crippen molar-refractivity contribution >= 4 is 11.5 Å². The monoisotopic (exact) mass is 767 g/mol. The first-order chi connectivity index (χ1) is 28.2. The highest BCUT2D eigenvalue weighted by atomic mass is 16.1. The van der Waals surface area contributed by atoms with Crippen molar-refractivity contribution in [2.75, 3.05) is 0 Å². The topological polar surface area (TPSA) is 64.7 Å². The second-order valence-corrected chi connectivity index (χ2v) is 9.93. The summed E-state index contributed by atoms with van der Waals surface area (Å²) < 4.78 is 0. The van der Waals surface area contributed by atoms with Crippen molar-refractivity contribution in [3.8, 4) is 6.07 Å². The number of ketones is 1. The molecule has 0 heterocycles. The summed E-state index contributed by atoms with van der Waals surface area (Å²) in [4.78, 5) is 11.8. The number of carbonyl (C=O) groups excluding carboxylic acids is 1. The minimum atomic E-state index is 0.168. The lowest BCUT2D eigenvalue weighted by molar-refractivity contribution is 0.0993. The molecule has 0 spiro atoms. The zero-order valence-corrected chi connectivity index (χ0v) is 37.4. The summed E-state index contributed by atoms with van der Waals surface area (Å²) in [5, 5.41) is 16.2. The van der Waals surface area contributed by atoms with Gasteiger partial charge in [0.1, 0.15) is 0 Å². The van der Waals surface area contributed by atoms with Crippen LogP contribution in [0.1, 0.15) is 116 Å². The van der Waals surface area contributed by atoms with Crippen LogP contribution in [-0.4, -0.2) is 11.5 Å². The molecule has 0 aliphatic rings. The van der Waals surface area contributed by atoms with Crippen molar-refractivity contribution in [3.05, 3.63) is 216 Å². The van der Waals surface area contributed by atoms with Crippen molar-refractivity contribution in [2.24, 2.45) is 0 Å². The minimum Gasteiger partial charge on any atom is -0.304 e. The van der Waals surface area contributed by atoms with E-state index in [0.717, 1.165) is 22.3 Å². The molecule has 0 aliphatic heterocycles. The molecule has 0 unspecified atom stereocenters. The minimum absolute atomic E-state index is 0.168. The molecule has 0 atom stereocenters. The second kappa shape index (κ2) is 48.2. The van der Waals surface area contributed by atoms with E-state index in [4.69, 9.17) is 10.7 Å². The van der Waals surface area contributed by atoms with Gasteiger partial charge in [0.25, 0.3) is 0 Å². The smallest absolute Gasteiger partial charge is 0.167 e. The Morgan fingerprint density at radius 2 is 0.632 bits per heavy atom. The van der Waals surface area contributed by atoms with Gasteiger partial charge in [-0.3, -0.25) is 4.79 Å². The van der Waals surface area contributed by atoms with Gasteiger partial charge in [-0.2, -0.15) is 5.26 Å². The zero-order chi connectivity index (χ0) is 43.8. The highest BCUT2D eigenvalue weighted by Crippen LogP contribution is 2.08. The fraction of sp³-hybridized carbons (Fsp3) is 0.278. The quantitative estimate of drug-likeness (QED) is 0.130. The highest BCUT2D eigenvalue weighted by Gasteiger charge is 2.05. The fourth-order valence-electron chi connectivity index (χ4n) is 4.12. The van der Waals surface area contributed by atoms with Gasteiger partial charge in [-0.05, 0) is 22.3 Å². The van der Waals surface area contributed by atoms with E-state index in [1.54, 1.807) is 0 Å². The first kappa shape index (κ1) is 57.9. The number of hydrogen-bond donors (Lipinski definition) is 1. The number of Topliss-reactive ketones (excluding diaryl/α,β-unsaturated/α-hetero) is 1. The van der Waals surface area contributed by atoms with Crippen LogP contribution in [0.2, 0.25) is 0 Å². The van der Waals surface area contributed by atoms with Crippen molar-refractivity contribution in [1.29, 1.82) is 10.7 Å². The third kappa shape index (κ3) is 33.2. The first-order valence-electron chi connectivity index (χ1n) is 20.9. The van der Waals surface area contributed by atoms with Crippen molar-refractivity contribution < 1.29 is 4.79 Å². The second-order valence-electron chi connectivity index (χ2n) is 9.93. The van der Waals surface area contributed by atoms with Crippen LogP contribution >= 0.6 is 0 Å². The third-order valence-electron chi connectivity index (χ3n) is 6.44. The Bertz CT molecular complexity index is 1550. The molecule has 6 aromatic rings. The summed E-state index contributed by atoms with van der Waals surface area (Å²) in [6, 6.07) is 63.0. The SMILES string of the molecule is CC.CC.CC.CC.CC.CC.N#CCc1ccccc1.N=C(Cc1ccccc1)c1ccccc1.O=C(Cc1ccccc1)c1ccccc1.c1ccccc1. The molecule has 0 aromatic heterocycles. The number of hydrogen-bond acceptors (Lipinski definition) is 3. The molecule has 0 amide bonds. The molecule has 6 rings (SSSR count). The van der Waals surface area contributed by atoms with E-state index in [1.807, 2.05) is 259 Å². The van der Waals surface area contributed by atoms with Gasteiger partial charge in [0.15, 0.2) is 5.78 Å². The Kier molecular flexibility index (Phi) is 48.9. The predicted molar refractivity (Wildman–Crippen MR) is 255 cm³/mol. The van der Waals surface area contributed by atoms with Gasteiger partial charge in [-0.15, -0.1) is 0 Å². The Morgan fingerprint density at radius 1 is 0.386 bits per heavy atom. The van der Waals surface area contributed by atoms with Crippen LogP contribution in [0.5, 0.6) is 0 Å². The van der Waals surface area contributed by atoms with Gasteiger partial charge in [-0.25, -0.2) is 0 Å². The maximum absolute atomic E-state index is 11.8. The number of benzene rings is 6. The summed E-state index contributed by atoms with van der Waals surface area (Å²) in [6.07, 6.45) is 1.69. The number of nitrogens with one attached hydrogen (secondary N) is 1. The van der Waals surface area contributed by atoms with Crippen LogP contribution in [0.15, 0.2) is 188 Å². The molecule has 0 radical (unpaired) electrons. The summed E-state index contributed by atoms with van der Waals surface area (Å²) >= 11 is 0. The molecule has 57 heavy (non-hydrogen) atoms. The Labute approximate surface area is 350 Å². The Hall–Kier alpha value is -5.85. The molecular weight excluding hydrogens is 693 g/mol. The molecule has 0 aliphatic carbocycles. The van der Waals surface area contributed by atoms with Gasteiger partial charge in [0.05, 0.1) is 12.5 Å². The van der Waals surface area contributed by atoms with E-state index in [-0.39, 0.29) is 5.78 Å². The summed E-state index contributed by atoms with van der Waals surface area (Å²) in [6.45, 7) is 24.0. The van der Waals surface area contributed by atoms with Gasteiger partial charge in [0, 0.05) is 24.1 Å². The van der Waals surface area contributed by atoms with E-state index in [0.29, 0.717) is 25.0 Å². The molecule has 1 N–H and O–H groups in total. The molecule has 0 fully saturated rings. The van der Waals surface area contributed by atoms with Crippen molar-refractivity contribution in [3.63, 3.8) is 0 Å². The van der Waals surface area contributed by atoms with E-state index >= 15 is 0 Å². The predicted octanol–water partition coefficient (Wildman–Crippen LogP) is 16.0. The lowest BCUT2D eigenvalue weighted by Crippen LogP contribution is -2.02. The summed E-state index contributed by atoms with van der Waals surface area (Å²) in [7, 11) is 0. The van der Waals surface area contributed by atoms with Crippen LogP contribution in [0.3, 0.4) is 0 Å².